The van der Waals surface area contributed by atoms with Crippen molar-refractivity contribution < 1.29 is 0 Å². The third-order valence-electron chi connectivity index (χ3n) is 2.72. The zero-order valence-corrected chi connectivity index (χ0v) is 16.4. The maximum absolute atomic E-state index is 4.72. The van der Waals surface area contributed by atoms with Crippen LogP contribution in [0.1, 0.15) is 27.2 Å². The molecule has 0 fully saturated rings. The lowest BCUT2D eigenvalue weighted by Gasteiger charge is -2.09. The maximum atomic E-state index is 4.72. The second kappa shape index (κ2) is 10.2. The molecular weight excluding hydrogens is 328 g/mol. The maximum Gasteiger partial charge on any atom is 0.193 e. The second-order valence-electron chi connectivity index (χ2n) is 5.19. The van der Waals surface area contributed by atoms with Gasteiger partial charge in [-0.15, -0.1) is 23.5 Å². The van der Waals surface area contributed by atoms with E-state index in [2.05, 4.69) is 56.8 Å². The molecule has 1 rings (SSSR count). The van der Waals surface area contributed by atoms with Crippen LogP contribution >= 0.6 is 35.3 Å². The zero-order chi connectivity index (χ0) is 16.5. The molecule has 120 valence electrons. The number of benzene rings is 1. The van der Waals surface area contributed by atoms with Gasteiger partial charge in [0, 0.05) is 15.5 Å². The SMILES string of the molecule is C=C(N=C(N=C(C)CC(C)C)Sc1ccccc1SC)SC. The van der Waals surface area contributed by atoms with Gasteiger partial charge in [0.15, 0.2) is 5.17 Å². The van der Waals surface area contributed by atoms with E-state index in [4.69, 9.17) is 4.99 Å². The summed E-state index contributed by atoms with van der Waals surface area (Å²) in [5.74, 6) is 0.595. The quantitative estimate of drug-likeness (QED) is 0.346. The summed E-state index contributed by atoms with van der Waals surface area (Å²) in [5.41, 5.74) is 1.11. The summed E-state index contributed by atoms with van der Waals surface area (Å²) in [6, 6.07) is 8.34. The molecule has 0 heterocycles. The Morgan fingerprint density at radius 3 is 2.32 bits per heavy atom. The molecule has 5 heteroatoms. The van der Waals surface area contributed by atoms with Crippen molar-refractivity contribution >= 4 is 46.2 Å². The van der Waals surface area contributed by atoms with Crippen molar-refractivity contribution in [3.8, 4) is 0 Å². The number of hydrogen-bond acceptors (Lipinski definition) is 4. The minimum absolute atomic E-state index is 0.595. The molecule has 1 aromatic rings. The van der Waals surface area contributed by atoms with Gasteiger partial charge < -0.3 is 0 Å². The fourth-order valence-corrected chi connectivity index (χ4v) is 3.79. The zero-order valence-electron chi connectivity index (χ0n) is 13.9. The molecule has 0 atom stereocenters. The van der Waals surface area contributed by atoms with Crippen molar-refractivity contribution in [3.63, 3.8) is 0 Å². The molecule has 0 aliphatic carbocycles. The van der Waals surface area contributed by atoms with Crippen molar-refractivity contribution in [2.75, 3.05) is 12.5 Å². The Labute approximate surface area is 147 Å². The van der Waals surface area contributed by atoms with Crippen LogP contribution in [0.2, 0.25) is 0 Å². The Hall–Kier alpha value is -0.650. The Balaban J connectivity index is 3.06. The van der Waals surface area contributed by atoms with Crippen molar-refractivity contribution in [1.29, 1.82) is 0 Å². The number of hydrogen-bond donors (Lipinski definition) is 0. The number of amidine groups is 1. The first-order valence-electron chi connectivity index (χ1n) is 7.12. The molecule has 0 aromatic heterocycles. The lowest BCUT2D eigenvalue weighted by molar-refractivity contribution is 0.683. The van der Waals surface area contributed by atoms with Gasteiger partial charge in [0.05, 0.1) is 5.03 Å². The molecule has 0 N–H and O–H groups in total. The number of nitrogens with zero attached hydrogens (tertiary/aromatic N) is 2. The minimum atomic E-state index is 0.595. The van der Waals surface area contributed by atoms with E-state index >= 15 is 0 Å². The van der Waals surface area contributed by atoms with E-state index in [1.807, 2.05) is 12.3 Å². The van der Waals surface area contributed by atoms with Gasteiger partial charge in [-0.1, -0.05) is 32.6 Å². The first-order chi connectivity index (χ1) is 10.5. The van der Waals surface area contributed by atoms with Gasteiger partial charge in [-0.2, -0.15) is 0 Å². The second-order valence-corrected chi connectivity index (χ2v) is 7.93. The standard InChI is InChI=1S/C17H24N2S3/c1-12(2)11-13(3)18-17(19-14(4)20-5)22-16-10-8-7-9-15(16)21-6/h7-10,12H,4,11H2,1-3,5-6H3. The van der Waals surface area contributed by atoms with Gasteiger partial charge in [-0.05, 0) is 55.7 Å². The van der Waals surface area contributed by atoms with E-state index in [-0.39, 0.29) is 0 Å². The largest absolute Gasteiger partial charge is 0.232 e. The molecule has 0 unspecified atom stereocenters. The molecule has 0 amide bonds. The average Bonchev–Trinajstić information content (AvgIpc) is 2.46. The first-order valence-corrected chi connectivity index (χ1v) is 10.4. The molecule has 0 spiro atoms. The van der Waals surface area contributed by atoms with Crippen LogP contribution in [0.5, 0.6) is 0 Å². The van der Waals surface area contributed by atoms with Crippen molar-refractivity contribution in [2.24, 2.45) is 15.9 Å². The molecule has 0 bridgehead atoms. The number of aliphatic imine (C=N–C) groups is 2. The summed E-state index contributed by atoms with van der Waals surface area (Å²) >= 11 is 4.89. The summed E-state index contributed by atoms with van der Waals surface area (Å²) in [5, 5.41) is 1.55. The van der Waals surface area contributed by atoms with E-state index in [1.54, 1.807) is 35.3 Å². The topological polar surface area (TPSA) is 24.7 Å². The summed E-state index contributed by atoms with van der Waals surface area (Å²) in [6.45, 7) is 10.4. The van der Waals surface area contributed by atoms with Crippen molar-refractivity contribution in [1.82, 2.24) is 0 Å². The molecular formula is C17H24N2S3. The Bertz CT molecular complexity index is 563. The van der Waals surface area contributed by atoms with Crippen LogP contribution in [0.15, 0.2) is 55.6 Å². The highest BCUT2D eigenvalue weighted by molar-refractivity contribution is 8.14. The summed E-state index contributed by atoms with van der Waals surface area (Å²) in [7, 11) is 0. The Morgan fingerprint density at radius 1 is 1.14 bits per heavy atom. The van der Waals surface area contributed by atoms with E-state index in [0.29, 0.717) is 5.92 Å². The summed E-state index contributed by atoms with van der Waals surface area (Å²) < 4.78 is 0. The summed E-state index contributed by atoms with van der Waals surface area (Å²) in [6.07, 6.45) is 5.05. The highest BCUT2D eigenvalue weighted by atomic mass is 32.2. The minimum Gasteiger partial charge on any atom is -0.232 e. The van der Waals surface area contributed by atoms with Gasteiger partial charge in [-0.25, -0.2) is 9.98 Å². The van der Waals surface area contributed by atoms with Gasteiger partial charge in [-0.3, -0.25) is 0 Å². The predicted octanol–water partition coefficient (Wildman–Crippen LogP) is 6.20. The third-order valence-corrected chi connectivity index (χ3v) is 5.15. The lowest BCUT2D eigenvalue weighted by atomic mass is 10.1. The van der Waals surface area contributed by atoms with E-state index in [1.165, 1.54) is 9.79 Å². The fourth-order valence-electron chi connectivity index (χ4n) is 1.82. The van der Waals surface area contributed by atoms with Crippen molar-refractivity contribution in [3.05, 3.63) is 35.9 Å². The molecule has 0 saturated carbocycles. The molecule has 0 saturated heterocycles. The molecule has 0 aliphatic heterocycles. The molecule has 0 radical (unpaired) electrons. The normalized spacial score (nSPS) is 12.8. The molecule has 2 nitrogen and oxygen atoms in total. The first kappa shape index (κ1) is 19.4. The highest BCUT2D eigenvalue weighted by Crippen LogP contribution is 2.31. The van der Waals surface area contributed by atoms with Crippen LogP contribution in [0, 0.1) is 5.92 Å². The highest BCUT2D eigenvalue weighted by Gasteiger charge is 2.08. The van der Waals surface area contributed by atoms with Gasteiger partial charge >= 0.3 is 0 Å². The number of thioether (sulfide) groups is 3. The van der Waals surface area contributed by atoms with E-state index in [9.17, 15) is 0 Å². The van der Waals surface area contributed by atoms with Gasteiger partial charge in [0.25, 0.3) is 0 Å². The molecule has 0 aliphatic rings. The smallest absolute Gasteiger partial charge is 0.193 e. The third kappa shape index (κ3) is 7.07. The average molecular weight is 353 g/mol. The Morgan fingerprint density at radius 2 is 1.77 bits per heavy atom. The lowest BCUT2D eigenvalue weighted by Crippen LogP contribution is -2.01. The van der Waals surface area contributed by atoms with Crippen molar-refractivity contribution in [2.45, 2.75) is 37.0 Å². The predicted molar refractivity (Wildman–Crippen MR) is 107 cm³/mol. The van der Waals surface area contributed by atoms with Crippen LogP contribution in [0.4, 0.5) is 0 Å². The molecule has 1 aromatic carbocycles. The van der Waals surface area contributed by atoms with E-state index < -0.39 is 0 Å². The van der Waals surface area contributed by atoms with Crippen LogP contribution in [0.3, 0.4) is 0 Å². The fraction of sp³-hybridized carbons (Fsp3) is 0.412. The van der Waals surface area contributed by atoms with E-state index in [0.717, 1.165) is 22.3 Å². The van der Waals surface area contributed by atoms with Crippen LogP contribution in [-0.4, -0.2) is 23.4 Å². The van der Waals surface area contributed by atoms with Crippen LogP contribution in [-0.2, 0) is 0 Å². The monoisotopic (exact) mass is 352 g/mol. The number of rotatable bonds is 6. The van der Waals surface area contributed by atoms with Crippen LogP contribution < -0.4 is 0 Å². The van der Waals surface area contributed by atoms with Crippen LogP contribution in [0.25, 0.3) is 0 Å². The van der Waals surface area contributed by atoms with Gasteiger partial charge in [0.2, 0.25) is 0 Å². The summed E-state index contributed by atoms with van der Waals surface area (Å²) in [4.78, 5) is 11.7. The van der Waals surface area contributed by atoms with Gasteiger partial charge in [0.1, 0.15) is 0 Å². The molecule has 22 heavy (non-hydrogen) atoms. The Kier molecular flexibility index (Phi) is 8.98.